The van der Waals surface area contributed by atoms with E-state index >= 15 is 0 Å². The summed E-state index contributed by atoms with van der Waals surface area (Å²) in [5.74, 6) is -1.27. The van der Waals surface area contributed by atoms with Crippen LogP contribution >= 0.6 is 11.6 Å². The maximum atomic E-state index is 13.7. The van der Waals surface area contributed by atoms with Crippen LogP contribution in [-0.2, 0) is 6.61 Å². The van der Waals surface area contributed by atoms with E-state index in [-0.39, 0.29) is 5.75 Å². The second-order valence-electron chi connectivity index (χ2n) is 3.86. The van der Waals surface area contributed by atoms with Gasteiger partial charge in [-0.2, -0.15) is 0 Å². The molecule has 0 bridgehead atoms. The maximum Gasteiger partial charge on any atom is 0.314 e. The van der Waals surface area contributed by atoms with E-state index < -0.39 is 28.8 Å². The van der Waals surface area contributed by atoms with Crippen molar-refractivity contribution in [3.63, 3.8) is 0 Å². The smallest absolute Gasteiger partial charge is 0.314 e. The Labute approximate surface area is 118 Å². The molecule has 0 radical (unpaired) electrons. The van der Waals surface area contributed by atoms with Crippen LogP contribution in [0.4, 0.5) is 10.1 Å². The Morgan fingerprint density at radius 3 is 2.75 bits per heavy atom. The molecule has 0 saturated heterocycles. The number of ether oxygens (including phenoxy) is 1. The Balaban J connectivity index is 2.47. The monoisotopic (exact) mass is 297 g/mol. The molecule has 2 aromatic carbocycles. The minimum atomic E-state index is -0.863. The predicted molar refractivity (Wildman–Crippen MR) is 70.5 cm³/mol. The number of nitro benzene ring substituents is 1. The van der Waals surface area contributed by atoms with E-state index in [1.54, 1.807) is 0 Å². The van der Waals surface area contributed by atoms with Crippen molar-refractivity contribution in [3.8, 4) is 11.5 Å². The molecule has 0 spiro atoms. The number of nitrogens with zero attached hydrogens (tertiary/aromatic N) is 1. The van der Waals surface area contributed by atoms with Crippen molar-refractivity contribution in [1.29, 1.82) is 0 Å². The molecule has 0 aliphatic rings. The van der Waals surface area contributed by atoms with Gasteiger partial charge in [-0.05, 0) is 24.3 Å². The van der Waals surface area contributed by atoms with Crippen LogP contribution in [0.25, 0.3) is 0 Å². The quantitative estimate of drug-likeness (QED) is 0.690. The van der Waals surface area contributed by atoms with Crippen LogP contribution in [0.3, 0.4) is 0 Å². The molecule has 0 fully saturated rings. The summed E-state index contributed by atoms with van der Waals surface area (Å²) in [5, 5.41) is 20.4. The largest absolute Gasteiger partial charge is 0.447 e. The molecular weight excluding hydrogens is 289 g/mol. The van der Waals surface area contributed by atoms with Crippen molar-refractivity contribution in [2.75, 3.05) is 0 Å². The predicted octanol–water partition coefficient (Wildman–Crippen LogP) is 3.67. The van der Waals surface area contributed by atoms with Gasteiger partial charge in [-0.1, -0.05) is 17.7 Å². The lowest BCUT2D eigenvalue weighted by molar-refractivity contribution is -0.385. The molecule has 0 unspecified atom stereocenters. The highest BCUT2D eigenvalue weighted by Gasteiger charge is 2.21. The average Bonchev–Trinajstić information content (AvgIpc) is 2.42. The van der Waals surface area contributed by atoms with Gasteiger partial charge in [0.05, 0.1) is 11.5 Å². The maximum absolute atomic E-state index is 13.7. The van der Waals surface area contributed by atoms with E-state index in [1.807, 2.05) is 0 Å². The first-order valence-electron chi connectivity index (χ1n) is 5.53. The van der Waals surface area contributed by atoms with Crippen LogP contribution in [0.5, 0.6) is 11.5 Å². The molecule has 0 atom stereocenters. The van der Waals surface area contributed by atoms with Gasteiger partial charge in [-0.3, -0.25) is 10.1 Å². The zero-order valence-electron chi connectivity index (χ0n) is 10.0. The van der Waals surface area contributed by atoms with Crippen LogP contribution in [0.15, 0.2) is 36.4 Å². The SMILES string of the molecule is O=[N+]([O-])c1cccc(F)c1Oc1ccc(Cl)cc1CO. The van der Waals surface area contributed by atoms with E-state index in [1.165, 1.54) is 24.3 Å². The van der Waals surface area contributed by atoms with Crippen molar-refractivity contribution < 1.29 is 19.2 Å². The molecule has 0 aliphatic heterocycles. The zero-order valence-corrected chi connectivity index (χ0v) is 10.8. The lowest BCUT2D eigenvalue weighted by Crippen LogP contribution is -1.98. The highest BCUT2D eigenvalue weighted by molar-refractivity contribution is 6.30. The Kier molecular flexibility index (Phi) is 4.16. The molecule has 0 amide bonds. The Bertz CT molecular complexity index is 663. The zero-order chi connectivity index (χ0) is 14.7. The highest BCUT2D eigenvalue weighted by Crippen LogP contribution is 2.35. The first kappa shape index (κ1) is 14.2. The number of para-hydroxylation sites is 1. The summed E-state index contributed by atoms with van der Waals surface area (Å²) in [6.07, 6.45) is 0. The highest BCUT2D eigenvalue weighted by atomic mass is 35.5. The fourth-order valence-electron chi connectivity index (χ4n) is 1.62. The summed E-state index contributed by atoms with van der Waals surface area (Å²) in [7, 11) is 0. The number of rotatable bonds is 4. The molecule has 2 rings (SSSR count). The minimum absolute atomic E-state index is 0.102. The summed E-state index contributed by atoms with van der Waals surface area (Å²) < 4.78 is 18.9. The molecule has 104 valence electrons. The van der Waals surface area contributed by atoms with Gasteiger partial charge < -0.3 is 9.84 Å². The van der Waals surface area contributed by atoms with Crippen molar-refractivity contribution in [3.05, 3.63) is 62.9 Å². The first-order chi connectivity index (χ1) is 9.52. The summed E-state index contributed by atoms with van der Waals surface area (Å²) in [6.45, 7) is -0.391. The summed E-state index contributed by atoms with van der Waals surface area (Å²) >= 11 is 5.76. The van der Waals surface area contributed by atoms with Gasteiger partial charge in [0.2, 0.25) is 5.75 Å². The first-order valence-corrected chi connectivity index (χ1v) is 5.90. The molecule has 7 heteroatoms. The summed E-state index contributed by atoms with van der Waals surface area (Å²) in [5.41, 5.74) is -0.195. The Morgan fingerprint density at radius 1 is 1.35 bits per heavy atom. The second kappa shape index (κ2) is 5.85. The standard InChI is InChI=1S/C13H9ClFNO4/c14-9-4-5-12(8(6-9)7-17)20-13-10(15)2-1-3-11(13)16(18)19/h1-6,17H,7H2. The second-order valence-corrected chi connectivity index (χ2v) is 4.29. The van der Waals surface area contributed by atoms with Crippen molar-refractivity contribution in [2.45, 2.75) is 6.61 Å². The number of benzene rings is 2. The van der Waals surface area contributed by atoms with Crippen molar-refractivity contribution >= 4 is 17.3 Å². The van der Waals surface area contributed by atoms with Gasteiger partial charge >= 0.3 is 5.69 Å². The number of hydrogen-bond acceptors (Lipinski definition) is 4. The van der Waals surface area contributed by atoms with Gasteiger partial charge in [0.25, 0.3) is 0 Å². The van der Waals surface area contributed by atoms with Crippen LogP contribution < -0.4 is 4.74 Å². The molecule has 0 aliphatic carbocycles. The topological polar surface area (TPSA) is 72.6 Å². The van der Waals surface area contributed by atoms with Crippen LogP contribution in [0, 0.1) is 15.9 Å². The number of aliphatic hydroxyl groups excluding tert-OH is 1. The van der Waals surface area contributed by atoms with E-state index in [0.29, 0.717) is 10.6 Å². The summed E-state index contributed by atoms with van der Waals surface area (Å²) in [4.78, 5) is 10.1. The Morgan fingerprint density at radius 2 is 2.10 bits per heavy atom. The summed E-state index contributed by atoms with van der Waals surface area (Å²) in [6, 6.07) is 7.72. The minimum Gasteiger partial charge on any atom is -0.447 e. The fraction of sp³-hybridized carbons (Fsp3) is 0.0769. The van der Waals surface area contributed by atoms with Gasteiger partial charge in [-0.15, -0.1) is 0 Å². The van der Waals surface area contributed by atoms with Crippen molar-refractivity contribution in [1.82, 2.24) is 0 Å². The number of aliphatic hydroxyl groups is 1. The van der Waals surface area contributed by atoms with E-state index in [2.05, 4.69) is 0 Å². The third kappa shape index (κ3) is 2.87. The molecule has 0 saturated carbocycles. The normalized spacial score (nSPS) is 10.3. The molecule has 1 N–H and O–H groups in total. The molecule has 5 nitrogen and oxygen atoms in total. The van der Waals surface area contributed by atoms with E-state index in [9.17, 15) is 19.6 Å². The van der Waals surface area contributed by atoms with Crippen molar-refractivity contribution in [2.24, 2.45) is 0 Å². The lowest BCUT2D eigenvalue weighted by atomic mass is 10.2. The molecular formula is C13H9ClFNO4. The van der Waals surface area contributed by atoms with Gasteiger partial charge in [-0.25, -0.2) is 4.39 Å². The van der Waals surface area contributed by atoms with Crippen LogP contribution in [0.1, 0.15) is 5.56 Å². The van der Waals surface area contributed by atoms with Gasteiger partial charge in [0.15, 0.2) is 5.82 Å². The molecule has 20 heavy (non-hydrogen) atoms. The number of halogens is 2. The third-order valence-corrected chi connectivity index (χ3v) is 2.78. The van der Waals surface area contributed by atoms with Gasteiger partial charge in [0, 0.05) is 16.7 Å². The molecule has 0 aromatic heterocycles. The molecule has 2 aromatic rings. The van der Waals surface area contributed by atoms with Crippen LogP contribution in [-0.4, -0.2) is 10.0 Å². The van der Waals surface area contributed by atoms with Crippen LogP contribution in [0.2, 0.25) is 5.02 Å². The number of hydrogen-bond donors (Lipinski definition) is 1. The Hall–Kier alpha value is -2.18. The average molecular weight is 298 g/mol. The number of nitro groups is 1. The van der Waals surface area contributed by atoms with E-state index in [4.69, 9.17) is 16.3 Å². The van der Waals surface area contributed by atoms with Gasteiger partial charge in [0.1, 0.15) is 5.75 Å². The van der Waals surface area contributed by atoms with E-state index in [0.717, 1.165) is 12.1 Å². The molecule has 0 heterocycles. The fourth-order valence-corrected chi connectivity index (χ4v) is 1.82. The lowest BCUT2D eigenvalue weighted by Gasteiger charge is -2.10. The third-order valence-electron chi connectivity index (χ3n) is 2.55.